The highest BCUT2D eigenvalue weighted by molar-refractivity contribution is 5.13. The van der Waals surface area contributed by atoms with Gasteiger partial charge >= 0.3 is 0 Å². The van der Waals surface area contributed by atoms with Gasteiger partial charge in [0.05, 0.1) is 5.69 Å². The minimum absolute atomic E-state index is 0.316. The van der Waals surface area contributed by atoms with Crippen LogP contribution in [0.3, 0.4) is 0 Å². The molecule has 0 spiro atoms. The van der Waals surface area contributed by atoms with E-state index < -0.39 is 0 Å². The van der Waals surface area contributed by atoms with E-state index in [2.05, 4.69) is 31.5 Å². The van der Waals surface area contributed by atoms with E-state index in [9.17, 15) is 0 Å². The lowest BCUT2D eigenvalue weighted by Crippen LogP contribution is -2.38. The summed E-state index contributed by atoms with van der Waals surface area (Å²) in [5.41, 5.74) is 9.13. The van der Waals surface area contributed by atoms with Gasteiger partial charge in [-0.1, -0.05) is 33.1 Å². The Hall–Kier alpha value is -0.830. The average Bonchev–Trinajstić information content (AvgIpc) is 2.89. The summed E-state index contributed by atoms with van der Waals surface area (Å²) in [4.78, 5) is 0. The van der Waals surface area contributed by atoms with Crippen molar-refractivity contribution in [1.82, 2.24) is 9.78 Å². The predicted molar refractivity (Wildman–Crippen MR) is 84.7 cm³/mol. The topological polar surface area (TPSA) is 43.8 Å². The highest BCUT2D eigenvalue weighted by Gasteiger charge is 2.35. The molecule has 20 heavy (non-hydrogen) atoms. The Morgan fingerprint density at radius 3 is 2.80 bits per heavy atom. The molecule has 114 valence electrons. The lowest BCUT2D eigenvalue weighted by molar-refractivity contribution is 0.139. The van der Waals surface area contributed by atoms with Gasteiger partial charge in [-0.3, -0.25) is 4.68 Å². The summed E-state index contributed by atoms with van der Waals surface area (Å²) in [5.74, 6) is 0.871. The Balaban J connectivity index is 2.18. The van der Waals surface area contributed by atoms with Gasteiger partial charge in [-0.05, 0) is 56.6 Å². The minimum atomic E-state index is 0.316. The number of rotatable bonds is 6. The van der Waals surface area contributed by atoms with Gasteiger partial charge in [-0.25, -0.2) is 0 Å². The van der Waals surface area contributed by atoms with E-state index in [1.54, 1.807) is 0 Å². The van der Waals surface area contributed by atoms with Crippen molar-refractivity contribution in [2.75, 3.05) is 6.54 Å². The van der Waals surface area contributed by atoms with Gasteiger partial charge in [0, 0.05) is 12.2 Å². The zero-order valence-corrected chi connectivity index (χ0v) is 13.5. The average molecular weight is 277 g/mol. The normalized spacial score (nSPS) is 26.9. The summed E-state index contributed by atoms with van der Waals surface area (Å²) in [6.07, 6.45) is 8.76. The van der Waals surface area contributed by atoms with Crippen molar-refractivity contribution in [3.05, 3.63) is 17.5 Å². The third-order valence-electron chi connectivity index (χ3n) is 5.18. The Labute approximate surface area is 123 Å². The molecule has 1 heterocycles. The number of aryl methyl sites for hydroxylation is 2. The zero-order valence-electron chi connectivity index (χ0n) is 13.5. The highest BCUT2D eigenvalue weighted by atomic mass is 15.3. The van der Waals surface area contributed by atoms with Crippen LogP contribution in [0.4, 0.5) is 0 Å². The number of nitrogens with zero attached hydrogens (tertiary/aromatic N) is 2. The second-order valence-corrected chi connectivity index (χ2v) is 6.55. The second kappa shape index (κ2) is 6.75. The molecule has 2 N–H and O–H groups in total. The van der Waals surface area contributed by atoms with Crippen molar-refractivity contribution in [2.24, 2.45) is 17.1 Å². The van der Waals surface area contributed by atoms with Crippen molar-refractivity contribution < 1.29 is 0 Å². The first kappa shape index (κ1) is 15.6. The van der Waals surface area contributed by atoms with Gasteiger partial charge in [0.1, 0.15) is 0 Å². The molecule has 1 aliphatic carbocycles. The molecule has 0 radical (unpaired) electrons. The molecule has 3 heteroatoms. The fourth-order valence-electron chi connectivity index (χ4n) is 3.84. The first-order valence-electron chi connectivity index (χ1n) is 8.42. The third kappa shape index (κ3) is 3.25. The van der Waals surface area contributed by atoms with E-state index in [4.69, 9.17) is 10.8 Å². The molecule has 1 aromatic heterocycles. The largest absolute Gasteiger partial charge is 0.330 e. The molecule has 0 aliphatic heterocycles. The van der Waals surface area contributed by atoms with Crippen LogP contribution >= 0.6 is 0 Å². The van der Waals surface area contributed by atoms with Crippen LogP contribution in [0.1, 0.15) is 64.3 Å². The van der Waals surface area contributed by atoms with Gasteiger partial charge in [0.2, 0.25) is 0 Å². The van der Waals surface area contributed by atoms with Crippen LogP contribution in [0.15, 0.2) is 6.07 Å². The zero-order chi connectivity index (χ0) is 14.6. The molecule has 0 aromatic carbocycles. The fraction of sp³-hybridized carbons (Fsp3) is 0.824. The fourth-order valence-corrected chi connectivity index (χ4v) is 3.84. The Morgan fingerprint density at radius 1 is 1.40 bits per heavy atom. The van der Waals surface area contributed by atoms with Crippen molar-refractivity contribution in [1.29, 1.82) is 0 Å². The molecule has 1 aliphatic rings. The standard InChI is InChI=1S/C17H31N3/c1-4-14-8-7-9-17(11-14,13-18)12-16-10-15(5-2)19-20(16)6-3/h10,14H,4-9,11-13,18H2,1-3H3. The first-order valence-corrected chi connectivity index (χ1v) is 8.42. The number of hydrogen-bond donors (Lipinski definition) is 1. The lowest BCUT2D eigenvalue weighted by Gasteiger charge is -2.40. The minimum Gasteiger partial charge on any atom is -0.330 e. The van der Waals surface area contributed by atoms with Crippen LogP contribution in [0, 0.1) is 11.3 Å². The second-order valence-electron chi connectivity index (χ2n) is 6.55. The smallest absolute Gasteiger partial charge is 0.0624 e. The van der Waals surface area contributed by atoms with Crippen molar-refractivity contribution >= 4 is 0 Å². The first-order chi connectivity index (χ1) is 9.66. The molecule has 2 rings (SSSR count). The Kier molecular flexibility index (Phi) is 5.25. The molecule has 3 nitrogen and oxygen atoms in total. The van der Waals surface area contributed by atoms with E-state index in [0.717, 1.165) is 31.8 Å². The molecule has 0 amide bonds. The quantitative estimate of drug-likeness (QED) is 0.864. The van der Waals surface area contributed by atoms with Crippen LogP contribution in [0.2, 0.25) is 0 Å². The monoisotopic (exact) mass is 277 g/mol. The molecule has 2 unspecified atom stereocenters. The van der Waals surface area contributed by atoms with Crippen LogP contribution in [0.25, 0.3) is 0 Å². The van der Waals surface area contributed by atoms with E-state index in [1.807, 2.05) is 0 Å². The van der Waals surface area contributed by atoms with Crippen molar-refractivity contribution in [2.45, 2.75) is 72.3 Å². The maximum atomic E-state index is 6.20. The summed E-state index contributed by atoms with van der Waals surface area (Å²) >= 11 is 0. The third-order valence-corrected chi connectivity index (χ3v) is 5.18. The molecule has 1 aromatic rings. The SMILES string of the molecule is CCc1cc(CC2(CN)CCCC(CC)C2)n(CC)n1. The van der Waals surface area contributed by atoms with Gasteiger partial charge in [-0.15, -0.1) is 0 Å². The predicted octanol–water partition coefficient (Wildman–Crippen LogP) is 3.55. The lowest BCUT2D eigenvalue weighted by atomic mass is 9.66. The molecule has 0 saturated heterocycles. The van der Waals surface area contributed by atoms with Gasteiger partial charge < -0.3 is 5.73 Å². The summed E-state index contributed by atoms with van der Waals surface area (Å²) < 4.78 is 2.19. The molecular formula is C17H31N3. The number of hydrogen-bond acceptors (Lipinski definition) is 2. The number of aromatic nitrogens is 2. The van der Waals surface area contributed by atoms with Crippen molar-refractivity contribution in [3.8, 4) is 0 Å². The maximum absolute atomic E-state index is 6.20. The van der Waals surface area contributed by atoms with Gasteiger partial charge in [-0.2, -0.15) is 5.10 Å². The molecule has 1 fully saturated rings. The summed E-state index contributed by atoms with van der Waals surface area (Å²) in [5, 5.41) is 4.69. The van der Waals surface area contributed by atoms with E-state index in [1.165, 1.54) is 43.5 Å². The molecule has 0 bridgehead atoms. The molecule has 1 saturated carbocycles. The van der Waals surface area contributed by atoms with E-state index >= 15 is 0 Å². The van der Waals surface area contributed by atoms with Gasteiger partial charge in [0.25, 0.3) is 0 Å². The number of nitrogens with two attached hydrogens (primary N) is 1. The van der Waals surface area contributed by atoms with Crippen LogP contribution < -0.4 is 5.73 Å². The van der Waals surface area contributed by atoms with Crippen LogP contribution in [-0.4, -0.2) is 16.3 Å². The van der Waals surface area contributed by atoms with E-state index in [0.29, 0.717) is 5.41 Å². The summed E-state index contributed by atoms with van der Waals surface area (Å²) in [6.45, 7) is 8.47. The van der Waals surface area contributed by atoms with E-state index in [-0.39, 0.29) is 0 Å². The Morgan fingerprint density at radius 2 is 2.20 bits per heavy atom. The maximum Gasteiger partial charge on any atom is 0.0624 e. The van der Waals surface area contributed by atoms with Crippen LogP contribution in [0.5, 0.6) is 0 Å². The van der Waals surface area contributed by atoms with Gasteiger partial charge in [0.15, 0.2) is 0 Å². The summed E-state index contributed by atoms with van der Waals surface area (Å²) in [7, 11) is 0. The molecular weight excluding hydrogens is 246 g/mol. The van der Waals surface area contributed by atoms with Crippen LogP contribution in [-0.2, 0) is 19.4 Å². The Bertz CT molecular complexity index is 424. The molecule has 2 atom stereocenters. The summed E-state index contributed by atoms with van der Waals surface area (Å²) in [6, 6.07) is 2.30. The van der Waals surface area contributed by atoms with Crippen molar-refractivity contribution in [3.63, 3.8) is 0 Å². The highest BCUT2D eigenvalue weighted by Crippen LogP contribution is 2.42.